The van der Waals surface area contributed by atoms with Gasteiger partial charge in [-0.2, -0.15) is 23.7 Å². The van der Waals surface area contributed by atoms with Gasteiger partial charge < -0.3 is 9.13 Å². The fourth-order valence-electron chi connectivity index (χ4n) is 9.50. The first-order valence-electron chi connectivity index (χ1n) is 19.2. The van der Waals surface area contributed by atoms with E-state index >= 15 is 13.2 Å². The summed E-state index contributed by atoms with van der Waals surface area (Å²) in [5, 5.41) is 30.1. The van der Waals surface area contributed by atoms with Crippen LogP contribution in [-0.4, -0.2) is 9.13 Å². The van der Waals surface area contributed by atoms with E-state index in [-0.39, 0.29) is 27.9 Å². The third kappa shape index (κ3) is 4.64. The van der Waals surface area contributed by atoms with Crippen LogP contribution in [0.1, 0.15) is 16.7 Å². The molecule has 0 bridgehead atoms. The summed E-state index contributed by atoms with van der Waals surface area (Å²) in [6, 6.07) is 52.5. The van der Waals surface area contributed by atoms with Gasteiger partial charge in [-0.1, -0.05) is 97.1 Å². The molecule has 0 aliphatic rings. The highest BCUT2D eigenvalue weighted by atomic mass is 32.1. The zero-order chi connectivity index (χ0) is 40.4. The fraction of sp³-hybridized carbons (Fsp3) is 0.0196. The van der Waals surface area contributed by atoms with Crippen molar-refractivity contribution in [2.75, 3.05) is 0 Å². The number of hydrogen-bond donors (Lipinski definition) is 0. The summed E-state index contributed by atoms with van der Waals surface area (Å²) in [6.07, 6.45) is -4.80. The number of nitriles is 2. The number of hydrogen-bond acceptors (Lipinski definition) is 4. The first-order valence-corrected chi connectivity index (χ1v) is 20.8. The summed E-state index contributed by atoms with van der Waals surface area (Å²) in [5.74, 6) is 0. The summed E-state index contributed by atoms with van der Waals surface area (Å²) in [7, 11) is 0. The molecule has 0 saturated carbocycles. The van der Waals surface area contributed by atoms with Crippen LogP contribution in [0, 0.1) is 22.7 Å². The van der Waals surface area contributed by atoms with Crippen LogP contribution in [0.4, 0.5) is 13.2 Å². The van der Waals surface area contributed by atoms with E-state index in [0.717, 1.165) is 90.0 Å². The lowest BCUT2D eigenvalue weighted by Gasteiger charge is -2.22. The van der Waals surface area contributed by atoms with Gasteiger partial charge in [0.15, 0.2) is 0 Å². The molecule has 282 valence electrons. The van der Waals surface area contributed by atoms with Gasteiger partial charge in [-0.25, -0.2) is 0 Å². The van der Waals surface area contributed by atoms with Crippen molar-refractivity contribution in [3.05, 3.63) is 168 Å². The van der Waals surface area contributed by atoms with Crippen LogP contribution < -0.4 is 0 Å². The molecule has 0 N–H and O–H groups in total. The third-order valence-electron chi connectivity index (χ3n) is 11.8. The van der Waals surface area contributed by atoms with Crippen molar-refractivity contribution >= 4 is 107 Å². The number of thiophene rings is 2. The molecular formula is C51H25F3N4S2. The van der Waals surface area contributed by atoms with Gasteiger partial charge in [0.25, 0.3) is 0 Å². The number of rotatable bonds is 3. The van der Waals surface area contributed by atoms with Gasteiger partial charge in [0, 0.05) is 73.0 Å². The molecular weight excluding hydrogens is 790 g/mol. The van der Waals surface area contributed by atoms with E-state index in [1.165, 1.54) is 12.1 Å². The van der Waals surface area contributed by atoms with Gasteiger partial charge in [-0.3, -0.25) is 0 Å². The Bertz CT molecular complexity index is 3920. The molecule has 60 heavy (non-hydrogen) atoms. The van der Waals surface area contributed by atoms with Crippen LogP contribution in [0.5, 0.6) is 0 Å². The maximum atomic E-state index is 15.3. The molecule has 0 atom stereocenters. The smallest absolute Gasteiger partial charge is 0.307 e. The quantitative estimate of drug-likeness (QED) is 0.178. The zero-order valence-electron chi connectivity index (χ0n) is 31.2. The molecule has 4 heterocycles. The second-order valence-corrected chi connectivity index (χ2v) is 17.0. The van der Waals surface area contributed by atoms with Crippen molar-refractivity contribution in [1.82, 2.24) is 9.13 Å². The van der Waals surface area contributed by atoms with Crippen LogP contribution in [0.3, 0.4) is 0 Å². The van der Waals surface area contributed by atoms with Crippen LogP contribution in [0.25, 0.3) is 106 Å². The van der Waals surface area contributed by atoms with Gasteiger partial charge in [0.1, 0.15) is 11.6 Å². The number of fused-ring (bicyclic) bond motifs is 14. The lowest BCUT2D eigenvalue weighted by Crippen LogP contribution is -2.11. The van der Waals surface area contributed by atoms with E-state index in [1.54, 1.807) is 34.8 Å². The maximum absolute atomic E-state index is 15.3. The average Bonchev–Trinajstić information content (AvgIpc) is 4.02. The Morgan fingerprint density at radius 2 is 1.00 bits per heavy atom. The topological polar surface area (TPSA) is 57.4 Å². The van der Waals surface area contributed by atoms with E-state index in [9.17, 15) is 10.5 Å². The van der Waals surface area contributed by atoms with Gasteiger partial charge in [0.05, 0.1) is 50.6 Å². The van der Waals surface area contributed by atoms with Crippen molar-refractivity contribution in [3.8, 4) is 34.6 Å². The van der Waals surface area contributed by atoms with Crippen molar-refractivity contribution in [2.24, 2.45) is 0 Å². The number of alkyl halides is 3. The molecule has 0 radical (unpaired) electrons. The van der Waals surface area contributed by atoms with Crippen molar-refractivity contribution in [2.45, 2.75) is 6.18 Å². The summed E-state index contributed by atoms with van der Waals surface area (Å²) < 4.78 is 54.2. The van der Waals surface area contributed by atoms with Crippen molar-refractivity contribution in [3.63, 3.8) is 0 Å². The minimum atomic E-state index is -4.80. The highest BCUT2D eigenvalue weighted by Gasteiger charge is 2.37. The fourth-order valence-corrected chi connectivity index (χ4v) is 11.7. The first-order chi connectivity index (χ1) is 29.4. The molecule has 4 nitrogen and oxygen atoms in total. The van der Waals surface area contributed by atoms with Gasteiger partial charge in [0.2, 0.25) is 0 Å². The summed E-state index contributed by atoms with van der Waals surface area (Å²) in [6.45, 7) is 0. The molecule has 0 saturated heterocycles. The highest BCUT2D eigenvalue weighted by Crippen LogP contribution is 2.50. The maximum Gasteiger partial charge on any atom is 0.417 e. The molecule has 0 aliphatic heterocycles. The largest absolute Gasteiger partial charge is 0.417 e. The molecule has 0 unspecified atom stereocenters. The summed E-state index contributed by atoms with van der Waals surface area (Å²) in [5.41, 5.74) is 2.99. The Labute approximate surface area is 347 Å². The second kappa shape index (κ2) is 12.5. The van der Waals surface area contributed by atoms with Crippen LogP contribution >= 0.6 is 22.7 Å². The summed E-state index contributed by atoms with van der Waals surface area (Å²) >= 11 is 3.34. The predicted octanol–water partition coefficient (Wildman–Crippen LogP) is 15.0. The molecule has 0 aliphatic carbocycles. The van der Waals surface area contributed by atoms with Crippen LogP contribution in [0.15, 0.2) is 152 Å². The Balaban J connectivity index is 1.34. The standard InChI is InChI=1S/C51H25F3N4S2/c52-51(53,54)37-15-9-10-28(26-55)45(37)35-20-23-40(57-38-16-5-1-11-29(38)31-21-24-43-46(49(31)57)33-13-3-7-18-41(33)59-43)36(27-56)48(35)58-39-17-6-2-12-30(39)32-22-25-44-47(50(32)58)34-14-4-8-19-42(34)60-44/h1-25H. The van der Waals surface area contributed by atoms with Crippen LogP contribution in [-0.2, 0) is 6.18 Å². The number of nitrogens with zero attached hydrogens (tertiary/aromatic N) is 4. The molecule has 8 aromatic carbocycles. The lowest BCUT2D eigenvalue weighted by atomic mass is 9.90. The Morgan fingerprint density at radius 1 is 0.467 bits per heavy atom. The minimum absolute atomic E-state index is 0.130. The molecule has 0 fully saturated rings. The molecule has 12 rings (SSSR count). The van der Waals surface area contributed by atoms with E-state index in [1.807, 2.05) is 71.3 Å². The summed E-state index contributed by atoms with van der Waals surface area (Å²) in [4.78, 5) is 0. The van der Waals surface area contributed by atoms with Gasteiger partial charge >= 0.3 is 6.18 Å². The number of para-hydroxylation sites is 2. The van der Waals surface area contributed by atoms with Crippen LogP contribution in [0.2, 0.25) is 0 Å². The molecule has 4 aromatic heterocycles. The lowest BCUT2D eigenvalue weighted by molar-refractivity contribution is -0.137. The Morgan fingerprint density at radius 3 is 1.57 bits per heavy atom. The first kappa shape index (κ1) is 34.6. The van der Waals surface area contributed by atoms with E-state index < -0.39 is 11.7 Å². The average molecular weight is 815 g/mol. The third-order valence-corrected chi connectivity index (χ3v) is 14.1. The Hall–Kier alpha value is -7.43. The van der Waals surface area contributed by atoms with Gasteiger partial charge in [-0.15, -0.1) is 22.7 Å². The molecule has 0 spiro atoms. The number of aromatic nitrogens is 2. The van der Waals surface area contributed by atoms with E-state index in [0.29, 0.717) is 5.69 Å². The zero-order valence-corrected chi connectivity index (χ0v) is 32.8. The monoisotopic (exact) mass is 814 g/mol. The van der Waals surface area contributed by atoms with E-state index in [4.69, 9.17) is 0 Å². The number of benzene rings is 8. The normalized spacial score (nSPS) is 12.2. The SMILES string of the molecule is N#Cc1cccc(C(F)(F)F)c1-c1ccc(-n2c3ccccc3c3ccc4sc5ccccc5c4c32)c(C#N)c1-n1c2ccccc2c2ccc3sc4ccccc4c3c21. The molecule has 12 aromatic rings. The molecule has 0 amide bonds. The van der Waals surface area contributed by atoms with Crippen molar-refractivity contribution in [1.29, 1.82) is 10.5 Å². The molecule has 9 heteroatoms. The highest BCUT2D eigenvalue weighted by molar-refractivity contribution is 7.26. The second-order valence-electron chi connectivity index (χ2n) is 14.9. The number of halogens is 3. The van der Waals surface area contributed by atoms with Gasteiger partial charge in [-0.05, 0) is 54.6 Å². The minimum Gasteiger partial charge on any atom is -0.307 e. The Kier molecular flexibility index (Phi) is 7.23. The predicted molar refractivity (Wildman–Crippen MR) is 241 cm³/mol. The van der Waals surface area contributed by atoms with Crippen molar-refractivity contribution < 1.29 is 13.2 Å². The van der Waals surface area contributed by atoms with E-state index in [2.05, 4.69) is 71.3 Å².